The number of carboxylic acids is 1. The second kappa shape index (κ2) is 15.6. The van der Waals surface area contributed by atoms with Crippen molar-refractivity contribution in [3.05, 3.63) is 0 Å². The van der Waals surface area contributed by atoms with E-state index in [-0.39, 0.29) is 35.3 Å². The predicted octanol–water partition coefficient (Wildman–Crippen LogP) is -4.51. The number of carbonyl (C=O) groups excluding carboxylic acids is 2. The van der Waals surface area contributed by atoms with Gasteiger partial charge >= 0.3 is 29.6 Å². The van der Waals surface area contributed by atoms with Gasteiger partial charge in [-0.15, -0.1) is 0 Å². The van der Waals surface area contributed by atoms with Gasteiger partial charge in [0, 0.05) is 5.75 Å². The van der Waals surface area contributed by atoms with E-state index in [0.29, 0.717) is 0 Å². The number of carbonyl (C=O) groups is 2. The average Bonchev–Trinajstić information content (AvgIpc) is 1.73. The second-order valence-corrected chi connectivity index (χ2v) is 0.846. The third kappa shape index (κ3) is 31.5. The van der Waals surface area contributed by atoms with Crippen molar-refractivity contribution in [3.63, 3.8) is 0 Å². The Morgan fingerprint density at radius 1 is 1.62 bits per heavy atom. The summed E-state index contributed by atoms with van der Waals surface area (Å²) in [5, 5.41) is 9.18. The summed E-state index contributed by atoms with van der Waals surface area (Å²) in [6.45, 7) is 2.00. The molecule has 0 unspecified atom stereocenters. The van der Waals surface area contributed by atoms with Gasteiger partial charge in [-0.2, -0.15) is 12.6 Å². The van der Waals surface area contributed by atoms with Crippen LogP contribution in [0.4, 0.5) is 0 Å². The van der Waals surface area contributed by atoms with Crippen LogP contribution in [0.5, 0.6) is 0 Å². The first-order chi connectivity index (χ1) is 3.27. The smallest absolute Gasteiger partial charge is 0.549 e. The fraction of sp³-hybridized carbons (Fsp3) is 0.333. The minimum Gasteiger partial charge on any atom is -0.549 e. The molecule has 0 heterocycles. The van der Waals surface area contributed by atoms with E-state index in [0.717, 1.165) is 0 Å². The number of hydrogen-bond acceptors (Lipinski definition) is 4. The molecule has 42 valence electrons. The summed E-state index contributed by atoms with van der Waals surface area (Å²) in [5.41, 5.74) is 0. The molecule has 0 aliphatic rings. The molecule has 0 saturated heterocycles. The Morgan fingerprint density at radius 2 is 1.75 bits per heavy atom. The number of aliphatic carboxylic acids is 1. The van der Waals surface area contributed by atoms with Gasteiger partial charge in [0.2, 0.25) is 0 Å². The minimum absolute atomic E-state index is 0. The molecule has 0 aliphatic heterocycles. The largest absolute Gasteiger partial charge is 1.00 e. The molecule has 0 aromatic heterocycles. The van der Waals surface area contributed by atoms with E-state index in [2.05, 4.69) is 12.6 Å². The van der Waals surface area contributed by atoms with Gasteiger partial charge in [-0.3, -0.25) is 0 Å². The van der Waals surface area contributed by atoms with Gasteiger partial charge in [0.15, 0.2) is 0 Å². The summed E-state index contributed by atoms with van der Waals surface area (Å²) in [6, 6.07) is 0. The Labute approximate surface area is 75.2 Å². The molecule has 0 amide bonds. The number of thiol groups is 1. The number of carboxylic acid groups (broad SMARTS) is 1. The van der Waals surface area contributed by atoms with Crippen LogP contribution in [0.25, 0.3) is 0 Å². The summed E-state index contributed by atoms with van der Waals surface area (Å²) < 4.78 is 0. The van der Waals surface area contributed by atoms with Crippen molar-refractivity contribution in [3.8, 4) is 0 Å². The van der Waals surface area contributed by atoms with E-state index >= 15 is 0 Å². The van der Waals surface area contributed by atoms with Crippen LogP contribution in [0.15, 0.2) is 0 Å². The van der Waals surface area contributed by atoms with Gasteiger partial charge in [0.25, 0.3) is 0 Å². The van der Waals surface area contributed by atoms with Gasteiger partial charge in [-0.05, 0) is 0 Å². The van der Waals surface area contributed by atoms with Gasteiger partial charge in [-0.1, -0.05) is 0 Å². The van der Waals surface area contributed by atoms with Crippen molar-refractivity contribution in [2.75, 3.05) is 5.75 Å². The molecule has 8 heavy (non-hydrogen) atoms. The molecule has 0 aromatic carbocycles. The summed E-state index contributed by atoms with van der Waals surface area (Å²) in [6.07, 6.45) is 0. The molecule has 0 radical (unpaired) electrons. The zero-order valence-electron chi connectivity index (χ0n) is 4.59. The molecule has 0 aromatic rings. The van der Waals surface area contributed by atoms with E-state index in [1.807, 2.05) is 6.79 Å². The normalized spacial score (nSPS) is 5.12. The maximum atomic E-state index is 9.18. The van der Waals surface area contributed by atoms with Crippen molar-refractivity contribution in [2.24, 2.45) is 0 Å². The van der Waals surface area contributed by atoms with Gasteiger partial charge < -0.3 is 14.7 Å². The SMILES string of the molecule is C=O.O=C([O-])CS.[Na+]. The van der Waals surface area contributed by atoms with Crippen LogP contribution in [0.3, 0.4) is 0 Å². The quantitative estimate of drug-likeness (QED) is 0.298. The van der Waals surface area contributed by atoms with Crippen molar-refractivity contribution in [2.45, 2.75) is 0 Å². The molecule has 0 atom stereocenters. The fourth-order valence-corrected chi connectivity index (χ4v) is 0. The van der Waals surface area contributed by atoms with Crippen LogP contribution in [0.2, 0.25) is 0 Å². The molecule has 0 rings (SSSR count). The zero-order chi connectivity index (χ0) is 6.28. The van der Waals surface area contributed by atoms with E-state index in [1.54, 1.807) is 0 Å². The Balaban J connectivity index is -0.0000000750. The molecule has 0 saturated carbocycles. The summed E-state index contributed by atoms with van der Waals surface area (Å²) >= 11 is 3.35. The second-order valence-electron chi connectivity index (χ2n) is 0.530. The summed E-state index contributed by atoms with van der Waals surface area (Å²) in [4.78, 5) is 17.2. The van der Waals surface area contributed by atoms with Gasteiger partial charge in [-0.25, -0.2) is 0 Å². The third-order valence-electron chi connectivity index (χ3n) is 0.129. The van der Waals surface area contributed by atoms with Crippen LogP contribution in [-0.2, 0) is 9.59 Å². The Bertz CT molecular complexity index is 58.5. The topological polar surface area (TPSA) is 57.2 Å². The number of hydrogen-bond donors (Lipinski definition) is 1. The summed E-state index contributed by atoms with van der Waals surface area (Å²) in [5.74, 6) is -1.33. The molecule has 0 bridgehead atoms. The van der Waals surface area contributed by atoms with Crippen LogP contribution in [0.1, 0.15) is 0 Å². The molecular formula is C3H5NaO3S. The minimum atomic E-state index is -1.13. The van der Waals surface area contributed by atoms with Crippen LogP contribution < -0.4 is 34.7 Å². The van der Waals surface area contributed by atoms with Gasteiger partial charge in [0.1, 0.15) is 6.79 Å². The van der Waals surface area contributed by atoms with Crippen LogP contribution in [0, 0.1) is 0 Å². The van der Waals surface area contributed by atoms with Crippen molar-refractivity contribution in [1.29, 1.82) is 0 Å². The first-order valence-corrected chi connectivity index (χ1v) is 2.00. The molecule has 0 spiro atoms. The van der Waals surface area contributed by atoms with Gasteiger partial charge in [0.05, 0.1) is 5.97 Å². The van der Waals surface area contributed by atoms with Crippen LogP contribution >= 0.6 is 12.6 Å². The van der Waals surface area contributed by atoms with Crippen molar-refractivity contribution < 1.29 is 44.3 Å². The molecule has 3 nitrogen and oxygen atoms in total. The fourth-order valence-electron chi connectivity index (χ4n) is 0. The first-order valence-electron chi connectivity index (χ1n) is 1.37. The Morgan fingerprint density at radius 3 is 1.75 bits per heavy atom. The van der Waals surface area contributed by atoms with Crippen LogP contribution in [-0.4, -0.2) is 18.5 Å². The first kappa shape index (κ1) is 15.8. The van der Waals surface area contributed by atoms with Crippen molar-refractivity contribution >= 4 is 25.4 Å². The maximum absolute atomic E-state index is 9.18. The molecule has 0 fully saturated rings. The predicted molar refractivity (Wildman–Crippen MR) is 26.0 cm³/mol. The maximum Gasteiger partial charge on any atom is 1.00 e. The molecule has 0 N–H and O–H groups in total. The van der Waals surface area contributed by atoms with E-state index in [9.17, 15) is 9.90 Å². The third-order valence-corrected chi connectivity index (χ3v) is 0.387. The monoisotopic (exact) mass is 144 g/mol. The van der Waals surface area contributed by atoms with E-state index < -0.39 is 5.97 Å². The number of rotatable bonds is 1. The molecular weight excluding hydrogens is 139 g/mol. The standard InChI is InChI=1S/C2H4O2S.CH2O.Na/c3-2(4)1-5;1-2;/h5H,1H2,(H,3,4);1H2;/q;;+1/p-1. The van der Waals surface area contributed by atoms with Crippen molar-refractivity contribution in [1.82, 2.24) is 0 Å². The zero-order valence-corrected chi connectivity index (χ0v) is 7.48. The molecule has 0 aliphatic carbocycles. The molecule has 5 heteroatoms. The summed E-state index contributed by atoms with van der Waals surface area (Å²) in [7, 11) is 0. The Kier molecular flexibility index (Phi) is 30.9. The average molecular weight is 144 g/mol. The van der Waals surface area contributed by atoms with E-state index in [4.69, 9.17) is 4.79 Å². The Hall–Kier alpha value is 0.490. The van der Waals surface area contributed by atoms with E-state index in [1.165, 1.54) is 0 Å².